The van der Waals surface area contributed by atoms with E-state index < -0.39 is 0 Å². The van der Waals surface area contributed by atoms with Gasteiger partial charge in [-0.25, -0.2) is 9.97 Å². The van der Waals surface area contributed by atoms with Crippen LogP contribution in [-0.4, -0.2) is 27.8 Å². The van der Waals surface area contributed by atoms with Crippen LogP contribution in [0.2, 0.25) is 0 Å². The second-order valence-electron chi connectivity index (χ2n) is 3.18. The average molecular weight is 237 g/mol. The number of hydrogen-bond donors (Lipinski definition) is 0. The highest BCUT2D eigenvalue weighted by atomic mass is 32.2. The first-order valence-electron chi connectivity index (χ1n) is 4.66. The van der Waals surface area contributed by atoms with Gasteiger partial charge >= 0.3 is 5.97 Å². The van der Waals surface area contributed by atoms with E-state index in [-0.39, 0.29) is 23.5 Å². The Kier molecular flexibility index (Phi) is 4.73. The number of nitrogens with zero attached hydrogens (tertiary/aromatic N) is 3. The molecular formula is C10H11N3O2S. The van der Waals surface area contributed by atoms with E-state index in [0.29, 0.717) is 5.03 Å². The fraction of sp³-hybridized carbons (Fsp3) is 0.400. The molecule has 5 nitrogen and oxygen atoms in total. The van der Waals surface area contributed by atoms with Gasteiger partial charge in [0.15, 0.2) is 5.69 Å². The monoisotopic (exact) mass is 237 g/mol. The lowest BCUT2D eigenvalue weighted by Crippen LogP contribution is -2.13. The van der Waals surface area contributed by atoms with Gasteiger partial charge in [-0.05, 0) is 13.8 Å². The Morgan fingerprint density at radius 2 is 2.31 bits per heavy atom. The van der Waals surface area contributed by atoms with Crippen molar-refractivity contribution in [2.24, 2.45) is 0 Å². The van der Waals surface area contributed by atoms with E-state index in [0.717, 1.165) is 0 Å². The van der Waals surface area contributed by atoms with Crippen molar-refractivity contribution in [3.05, 3.63) is 18.1 Å². The molecule has 0 aliphatic rings. The van der Waals surface area contributed by atoms with Crippen LogP contribution in [-0.2, 0) is 9.53 Å². The molecule has 16 heavy (non-hydrogen) atoms. The maximum atomic E-state index is 11.2. The number of rotatable bonds is 4. The Hall–Kier alpha value is -1.61. The lowest BCUT2D eigenvalue weighted by Gasteiger charge is -2.06. The highest BCUT2D eigenvalue weighted by molar-refractivity contribution is 7.99. The standard InChI is InChI=1S/C10H11N3O2S/c1-7(2)15-10(14)6-16-9-5-12-8(3-11)4-13-9/h4-5,7H,6H2,1-2H3. The molecule has 1 rings (SSSR count). The Morgan fingerprint density at radius 3 is 2.81 bits per heavy atom. The topological polar surface area (TPSA) is 75.9 Å². The zero-order valence-corrected chi connectivity index (χ0v) is 9.82. The minimum Gasteiger partial charge on any atom is -0.462 e. The minimum absolute atomic E-state index is 0.111. The number of hydrogen-bond acceptors (Lipinski definition) is 6. The first kappa shape index (κ1) is 12.5. The summed E-state index contributed by atoms with van der Waals surface area (Å²) in [5.41, 5.74) is 0.258. The van der Waals surface area contributed by atoms with Crippen molar-refractivity contribution in [1.82, 2.24) is 9.97 Å². The molecule has 0 atom stereocenters. The van der Waals surface area contributed by atoms with Crippen LogP contribution in [0.15, 0.2) is 17.4 Å². The molecule has 84 valence electrons. The summed E-state index contributed by atoms with van der Waals surface area (Å²) in [5, 5.41) is 9.11. The van der Waals surface area contributed by atoms with Gasteiger partial charge in [0.2, 0.25) is 0 Å². The molecular weight excluding hydrogens is 226 g/mol. The molecule has 0 bridgehead atoms. The molecule has 0 aliphatic carbocycles. The largest absolute Gasteiger partial charge is 0.462 e. The summed E-state index contributed by atoms with van der Waals surface area (Å²) < 4.78 is 4.96. The number of esters is 1. The number of aromatic nitrogens is 2. The van der Waals surface area contributed by atoms with E-state index in [1.165, 1.54) is 24.2 Å². The van der Waals surface area contributed by atoms with Crippen LogP contribution < -0.4 is 0 Å². The molecule has 1 heterocycles. The molecule has 0 aliphatic heterocycles. The van der Waals surface area contributed by atoms with Crippen molar-refractivity contribution in [2.75, 3.05) is 5.75 Å². The Balaban J connectivity index is 2.43. The average Bonchev–Trinajstić information content (AvgIpc) is 2.26. The molecule has 0 saturated heterocycles. The quantitative estimate of drug-likeness (QED) is 0.582. The van der Waals surface area contributed by atoms with E-state index in [1.54, 1.807) is 13.8 Å². The predicted octanol–water partition coefficient (Wildman–Crippen LogP) is 1.39. The summed E-state index contributed by atoms with van der Waals surface area (Å²) in [6.07, 6.45) is 2.72. The Morgan fingerprint density at radius 1 is 1.56 bits per heavy atom. The van der Waals surface area contributed by atoms with Gasteiger partial charge in [-0.15, -0.1) is 0 Å². The van der Waals surface area contributed by atoms with E-state index in [1.807, 2.05) is 6.07 Å². The molecule has 0 saturated carbocycles. The number of carbonyl (C=O) groups excluding carboxylic acids is 1. The smallest absolute Gasteiger partial charge is 0.316 e. The lowest BCUT2D eigenvalue weighted by molar-refractivity contribution is -0.144. The molecule has 0 amide bonds. The highest BCUT2D eigenvalue weighted by Gasteiger charge is 2.07. The summed E-state index contributed by atoms with van der Waals surface area (Å²) in [5.74, 6) is -0.0927. The van der Waals surface area contributed by atoms with Crippen molar-refractivity contribution in [1.29, 1.82) is 5.26 Å². The molecule has 0 aromatic carbocycles. The maximum Gasteiger partial charge on any atom is 0.316 e. The molecule has 1 aromatic heterocycles. The SMILES string of the molecule is CC(C)OC(=O)CSc1cnc(C#N)cn1. The van der Waals surface area contributed by atoms with Gasteiger partial charge in [0.05, 0.1) is 24.3 Å². The summed E-state index contributed by atoms with van der Waals surface area (Å²) >= 11 is 1.23. The van der Waals surface area contributed by atoms with Gasteiger partial charge in [-0.3, -0.25) is 4.79 Å². The van der Waals surface area contributed by atoms with Crippen molar-refractivity contribution in [2.45, 2.75) is 25.0 Å². The van der Waals surface area contributed by atoms with Crippen LogP contribution in [0.3, 0.4) is 0 Å². The zero-order valence-electron chi connectivity index (χ0n) is 9.01. The van der Waals surface area contributed by atoms with Crippen LogP contribution in [0.5, 0.6) is 0 Å². The number of nitriles is 1. The van der Waals surface area contributed by atoms with Gasteiger partial charge in [0, 0.05) is 0 Å². The van der Waals surface area contributed by atoms with Crippen LogP contribution in [0, 0.1) is 11.3 Å². The van der Waals surface area contributed by atoms with Crippen LogP contribution >= 0.6 is 11.8 Å². The molecule has 0 N–H and O–H groups in total. The molecule has 0 unspecified atom stereocenters. The van der Waals surface area contributed by atoms with E-state index >= 15 is 0 Å². The third kappa shape index (κ3) is 4.28. The fourth-order valence-corrected chi connectivity index (χ4v) is 1.47. The van der Waals surface area contributed by atoms with Crippen LogP contribution in [0.25, 0.3) is 0 Å². The Labute approximate surface area is 97.9 Å². The summed E-state index contributed by atoms with van der Waals surface area (Å²) in [7, 11) is 0. The second kappa shape index (κ2) is 6.08. The Bertz CT molecular complexity index is 398. The van der Waals surface area contributed by atoms with Crippen molar-refractivity contribution in [3.8, 4) is 6.07 Å². The van der Waals surface area contributed by atoms with Gasteiger partial charge < -0.3 is 4.74 Å². The summed E-state index contributed by atoms with van der Waals surface area (Å²) in [4.78, 5) is 19.0. The van der Waals surface area contributed by atoms with Crippen molar-refractivity contribution >= 4 is 17.7 Å². The van der Waals surface area contributed by atoms with Gasteiger partial charge in [0.1, 0.15) is 11.1 Å². The highest BCUT2D eigenvalue weighted by Crippen LogP contribution is 2.13. The first-order valence-corrected chi connectivity index (χ1v) is 5.65. The first-order chi connectivity index (χ1) is 7.61. The zero-order chi connectivity index (χ0) is 12.0. The predicted molar refractivity (Wildman–Crippen MR) is 58.7 cm³/mol. The maximum absolute atomic E-state index is 11.2. The van der Waals surface area contributed by atoms with Gasteiger partial charge in [-0.1, -0.05) is 11.8 Å². The van der Waals surface area contributed by atoms with Crippen molar-refractivity contribution in [3.63, 3.8) is 0 Å². The molecule has 0 spiro atoms. The van der Waals surface area contributed by atoms with E-state index in [2.05, 4.69) is 9.97 Å². The van der Waals surface area contributed by atoms with Crippen LogP contribution in [0.1, 0.15) is 19.5 Å². The second-order valence-corrected chi connectivity index (χ2v) is 4.17. The fourth-order valence-electron chi connectivity index (χ4n) is 0.878. The normalized spacial score (nSPS) is 9.88. The van der Waals surface area contributed by atoms with Crippen LogP contribution in [0.4, 0.5) is 0 Å². The molecule has 0 radical (unpaired) electrons. The third-order valence-corrected chi connectivity index (χ3v) is 2.33. The minimum atomic E-state index is -0.286. The summed E-state index contributed by atoms with van der Waals surface area (Å²) in [6, 6.07) is 1.87. The van der Waals surface area contributed by atoms with E-state index in [4.69, 9.17) is 10.00 Å². The third-order valence-electron chi connectivity index (χ3n) is 1.45. The number of ether oxygens (including phenoxy) is 1. The summed E-state index contributed by atoms with van der Waals surface area (Å²) in [6.45, 7) is 3.59. The van der Waals surface area contributed by atoms with Crippen molar-refractivity contribution < 1.29 is 9.53 Å². The van der Waals surface area contributed by atoms with Gasteiger partial charge in [0.25, 0.3) is 0 Å². The molecule has 1 aromatic rings. The molecule has 0 fully saturated rings. The number of carbonyl (C=O) groups is 1. The van der Waals surface area contributed by atoms with Gasteiger partial charge in [-0.2, -0.15) is 5.26 Å². The molecule has 6 heteroatoms. The number of thioether (sulfide) groups is 1. The van der Waals surface area contributed by atoms with E-state index in [9.17, 15) is 4.79 Å². The lowest BCUT2D eigenvalue weighted by atomic mass is 10.5.